The van der Waals surface area contributed by atoms with Crippen LogP contribution in [0.1, 0.15) is 36.6 Å². The molecule has 25 heavy (non-hydrogen) atoms. The molecule has 2 aromatic rings. The molecule has 1 N–H and O–H groups in total. The number of piperidine rings is 1. The molecule has 0 amide bonds. The number of aromatic amines is 1. The summed E-state index contributed by atoms with van der Waals surface area (Å²) in [5.41, 5.74) is 3.03. The molecule has 1 fully saturated rings. The normalized spacial score (nSPS) is 21.4. The van der Waals surface area contributed by atoms with Crippen molar-refractivity contribution in [2.75, 3.05) is 24.5 Å². The fourth-order valence-corrected chi connectivity index (χ4v) is 3.96. The van der Waals surface area contributed by atoms with Crippen LogP contribution < -0.4 is 10.5 Å². The van der Waals surface area contributed by atoms with Crippen molar-refractivity contribution in [3.05, 3.63) is 39.6 Å². The van der Waals surface area contributed by atoms with Gasteiger partial charge in [0.1, 0.15) is 0 Å². The molecule has 7 heteroatoms. The Balaban J connectivity index is 1.55. The molecule has 2 aliphatic heterocycles. The lowest BCUT2D eigenvalue weighted by molar-refractivity contribution is 0.240. The number of aromatic nitrogens is 4. The summed E-state index contributed by atoms with van der Waals surface area (Å²) in [6.45, 7) is 6.67. The van der Waals surface area contributed by atoms with E-state index in [2.05, 4.69) is 26.8 Å². The maximum absolute atomic E-state index is 12.5. The molecule has 0 radical (unpaired) electrons. The van der Waals surface area contributed by atoms with E-state index in [1.165, 1.54) is 12.0 Å². The Morgan fingerprint density at radius 2 is 2.24 bits per heavy atom. The second kappa shape index (κ2) is 6.63. The Labute approximate surface area is 147 Å². The van der Waals surface area contributed by atoms with Gasteiger partial charge in [0.05, 0.1) is 11.9 Å². The first-order valence-corrected chi connectivity index (χ1v) is 9.15. The number of fused-ring (bicyclic) bond motifs is 1. The van der Waals surface area contributed by atoms with Gasteiger partial charge in [-0.05, 0) is 25.2 Å². The summed E-state index contributed by atoms with van der Waals surface area (Å²) >= 11 is 0. The summed E-state index contributed by atoms with van der Waals surface area (Å²) in [6.07, 6.45) is 7.12. The standard InChI is InChI=1S/C18H26N6O/c1-13-4-3-6-24(9-13)18-20-16-12-23(7-5-15(16)17(25)21-18)11-14-8-19-22(2)10-14/h8,10,13H,3-7,9,11-12H2,1-2H3,(H,20,21,25). The third-order valence-electron chi connectivity index (χ3n) is 5.26. The van der Waals surface area contributed by atoms with Crippen LogP contribution in [0.2, 0.25) is 0 Å². The van der Waals surface area contributed by atoms with Crippen LogP contribution in [0.15, 0.2) is 17.2 Å². The van der Waals surface area contributed by atoms with Crippen LogP contribution >= 0.6 is 0 Å². The van der Waals surface area contributed by atoms with Gasteiger partial charge in [0.2, 0.25) is 5.95 Å². The quantitative estimate of drug-likeness (QED) is 0.910. The highest BCUT2D eigenvalue weighted by Gasteiger charge is 2.24. The van der Waals surface area contributed by atoms with Gasteiger partial charge in [0, 0.05) is 57.1 Å². The van der Waals surface area contributed by atoms with Gasteiger partial charge in [-0.15, -0.1) is 0 Å². The van der Waals surface area contributed by atoms with Crippen LogP contribution in [0.4, 0.5) is 5.95 Å². The maximum Gasteiger partial charge on any atom is 0.255 e. The highest BCUT2D eigenvalue weighted by Crippen LogP contribution is 2.22. The molecular formula is C18H26N6O. The minimum Gasteiger partial charge on any atom is -0.342 e. The zero-order valence-corrected chi connectivity index (χ0v) is 15.0. The molecule has 7 nitrogen and oxygen atoms in total. The smallest absolute Gasteiger partial charge is 0.255 e. The number of H-pyrrole nitrogens is 1. The molecule has 1 atom stereocenters. The van der Waals surface area contributed by atoms with Crippen LogP contribution in [-0.4, -0.2) is 44.3 Å². The number of rotatable bonds is 3. The summed E-state index contributed by atoms with van der Waals surface area (Å²) in [4.78, 5) is 25.0. The average Bonchev–Trinajstić information content (AvgIpc) is 2.99. The van der Waals surface area contributed by atoms with E-state index >= 15 is 0 Å². The lowest BCUT2D eigenvalue weighted by atomic mass is 10.0. The molecule has 1 unspecified atom stereocenters. The molecule has 4 heterocycles. The molecule has 0 bridgehead atoms. The van der Waals surface area contributed by atoms with E-state index in [1.807, 2.05) is 24.1 Å². The zero-order valence-electron chi connectivity index (χ0n) is 15.0. The molecule has 134 valence electrons. The number of hydrogen-bond donors (Lipinski definition) is 1. The van der Waals surface area contributed by atoms with E-state index in [0.29, 0.717) is 5.92 Å². The molecule has 2 aromatic heterocycles. The molecule has 4 rings (SSSR count). The van der Waals surface area contributed by atoms with Gasteiger partial charge < -0.3 is 4.90 Å². The molecule has 0 aromatic carbocycles. The summed E-state index contributed by atoms with van der Waals surface area (Å²) in [5, 5.41) is 4.24. The van der Waals surface area contributed by atoms with Crippen LogP contribution in [0.25, 0.3) is 0 Å². The van der Waals surface area contributed by atoms with E-state index in [1.54, 1.807) is 0 Å². The number of nitrogens with zero attached hydrogens (tertiary/aromatic N) is 5. The molecule has 0 saturated carbocycles. The van der Waals surface area contributed by atoms with Gasteiger partial charge in [-0.2, -0.15) is 5.10 Å². The molecule has 0 aliphatic carbocycles. The monoisotopic (exact) mass is 342 g/mol. The fourth-order valence-electron chi connectivity index (χ4n) is 3.96. The minimum absolute atomic E-state index is 0.0410. The van der Waals surface area contributed by atoms with Crippen molar-refractivity contribution >= 4 is 5.95 Å². The third-order valence-corrected chi connectivity index (χ3v) is 5.26. The van der Waals surface area contributed by atoms with Crippen LogP contribution in [0.3, 0.4) is 0 Å². The lowest BCUT2D eigenvalue weighted by Gasteiger charge is -2.33. The van der Waals surface area contributed by atoms with Gasteiger partial charge in [-0.25, -0.2) is 4.98 Å². The van der Waals surface area contributed by atoms with Crippen molar-refractivity contribution < 1.29 is 0 Å². The zero-order chi connectivity index (χ0) is 17.4. The average molecular weight is 342 g/mol. The third kappa shape index (κ3) is 3.46. The van der Waals surface area contributed by atoms with Crippen LogP contribution in [0.5, 0.6) is 0 Å². The Morgan fingerprint density at radius 3 is 3.00 bits per heavy atom. The van der Waals surface area contributed by atoms with Crippen molar-refractivity contribution in [3.8, 4) is 0 Å². The SMILES string of the molecule is CC1CCCN(c2nc3c(c(=O)[nH]2)CCN(Cc2cnn(C)c2)C3)C1. The summed E-state index contributed by atoms with van der Waals surface area (Å²) in [6, 6.07) is 0. The maximum atomic E-state index is 12.5. The van der Waals surface area contributed by atoms with Gasteiger partial charge >= 0.3 is 0 Å². The van der Waals surface area contributed by atoms with E-state index in [-0.39, 0.29) is 5.56 Å². The first-order chi connectivity index (χ1) is 12.1. The topological polar surface area (TPSA) is 70.1 Å². The van der Waals surface area contributed by atoms with Gasteiger partial charge in [0.15, 0.2) is 0 Å². The van der Waals surface area contributed by atoms with E-state index in [9.17, 15) is 4.79 Å². The highest BCUT2D eigenvalue weighted by molar-refractivity contribution is 5.35. The Bertz CT molecular complexity index is 810. The van der Waals surface area contributed by atoms with Crippen molar-refractivity contribution in [3.63, 3.8) is 0 Å². The summed E-state index contributed by atoms with van der Waals surface area (Å²) < 4.78 is 1.83. The predicted molar refractivity (Wildman–Crippen MR) is 96.5 cm³/mol. The second-order valence-corrected chi connectivity index (χ2v) is 7.49. The number of hydrogen-bond acceptors (Lipinski definition) is 5. The number of aryl methyl sites for hydroxylation is 1. The highest BCUT2D eigenvalue weighted by atomic mass is 16.1. The van der Waals surface area contributed by atoms with E-state index < -0.39 is 0 Å². The Kier molecular flexibility index (Phi) is 4.33. The van der Waals surface area contributed by atoms with Crippen molar-refractivity contribution in [1.82, 2.24) is 24.6 Å². The molecule has 2 aliphatic rings. The van der Waals surface area contributed by atoms with E-state index in [0.717, 1.165) is 62.8 Å². The summed E-state index contributed by atoms with van der Waals surface area (Å²) in [7, 11) is 1.93. The van der Waals surface area contributed by atoms with Gasteiger partial charge in [-0.1, -0.05) is 6.92 Å². The Morgan fingerprint density at radius 1 is 1.36 bits per heavy atom. The van der Waals surface area contributed by atoms with Crippen molar-refractivity contribution in [1.29, 1.82) is 0 Å². The number of nitrogens with one attached hydrogen (secondary N) is 1. The largest absolute Gasteiger partial charge is 0.342 e. The predicted octanol–water partition coefficient (Wildman–Crippen LogP) is 1.30. The van der Waals surface area contributed by atoms with Gasteiger partial charge in [-0.3, -0.25) is 19.4 Å². The molecular weight excluding hydrogens is 316 g/mol. The first-order valence-electron chi connectivity index (χ1n) is 9.15. The van der Waals surface area contributed by atoms with Gasteiger partial charge in [0.25, 0.3) is 5.56 Å². The van der Waals surface area contributed by atoms with Crippen LogP contribution in [0, 0.1) is 5.92 Å². The number of anilines is 1. The van der Waals surface area contributed by atoms with E-state index in [4.69, 9.17) is 4.98 Å². The molecule has 0 spiro atoms. The van der Waals surface area contributed by atoms with Crippen molar-refractivity contribution in [2.24, 2.45) is 13.0 Å². The van der Waals surface area contributed by atoms with Crippen LogP contribution in [-0.2, 0) is 26.6 Å². The summed E-state index contributed by atoms with van der Waals surface area (Å²) in [5.74, 6) is 1.40. The molecule has 1 saturated heterocycles. The van der Waals surface area contributed by atoms with Crippen molar-refractivity contribution in [2.45, 2.75) is 39.3 Å². The minimum atomic E-state index is 0.0410. The lowest BCUT2D eigenvalue weighted by Crippen LogP contribution is -2.39. The Hall–Kier alpha value is -2.15. The fraction of sp³-hybridized carbons (Fsp3) is 0.611. The second-order valence-electron chi connectivity index (χ2n) is 7.49. The first kappa shape index (κ1) is 16.3.